The van der Waals surface area contributed by atoms with Crippen LogP contribution >= 0.6 is 0 Å². The zero-order valence-corrected chi connectivity index (χ0v) is 15.2. The highest BCUT2D eigenvalue weighted by molar-refractivity contribution is 5.32. The van der Waals surface area contributed by atoms with E-state index in [2.05, 4.69) is 38.0 Å². The Labute approximate surface area is 153 Å². The van der Waals surface area contributed by atoms with E-state index < -0.39 is 0 Å². The third-order valence-electron chi connectivity index (χ3n) is 5.78. The van der Waals surface area contributed by atoms with Crippen LogP contribution in [0.15, 0.2) is 36.7 Å². The molecular weight excluding hydrogens is 331 g/mol. The molecule has 2 aliphatic rings. The molecular formula is C20H25FN4O. The first-order chi connectivity index (χ1) is 12.7. The average molecular weight is 356 g/mol. The van der Waals surface area contributed by atoms with E-state index in [1.165, 1.54) is 37.2 Å². The second-order valence-corrected chi connectivity index (χ2v) is 7.50. The van der Waals surface area contributed by atoms with Gasteiger partial charge in [0.25, 0.3) is 0 Å². The van der Waals surface area contributed by atoms with Crippen molar-refractivity contribution in [3.05, 3.63) is 48.0 Å². The van der Waals surface area contributed by atoms with Crippen molar-refractivity contribution in [3.63, 3.8) is 0 Å². The number of hydrogen-bond donors (Lipinski definition) is 0. The lowest BCUT2D eigenvalue weighted by Gasteiger charge is -2.39. The van der Waals surface area contributed by atoms with Crippen molar-refractivity contribution in [3.8, 4) is 5.75 Å². The summed E-state index contributed by atoms with van der Waals surface area (Å²) in [5.41, 5.74) is 1.65. The van der Waals surface area contributed by atoms with Crippen molar-refractivity contribution in [1.29, 1.82) is 0 Å². The minimum absolute atomic E-state index is 0.350. The van der Waals surface area contributed by atoms with Gasteiger partial charge in [-0.25, -0.2) is 14.4 Å². The van der Waals surface area contributed by atoms with Crippen LogP contribution in [0.2, 0.25) is 0 Å². The van der Waals surface area contributed by atoms with Crippen molar-refractivity contribution in [2.45, 2.75) is 25.8 Å². The Bertz CT molecular complexity index is 744. The van der Waals surface area contributed by atoms with Crippen LogP contribution in [0.4, 0.5) is 10.3 Å². The smallest absolute Gasteiger partial charge is 0.225 e. The fourth-order valence-corrected chi connectivity index (χ4v) is 4.20. The topological polar surface area (TPSA) is 41.5 Å². The van der Waals surface area contributed by atoms with Crippen molar-refractivity contribution < 1.29 is 9.13 Å². The van der Waals surface area contributed by atoms with Gasteiger partial charge in [0.1, 0.15) is 5.75 Å². The first kappa shape index (κ1) is 17.2. The zero-order valence-electron chi connectivity index (χ0n) is 15.2. The maximum Gasteiger partial charge on any atom is 0.225 e. The van der Waals surface area contributed by atoms with Crippen molar-refractivity contribution >= 4 is 5.95 Å². The number of hydrogen-bond acceptors (Lipinski definition) is 5. The van der Waals surface area contributed by atoms with Gasteiger partial charge in [0.15, 0.2) is 5.82 Å². The molecule has 26 heavy (non-hydrogen) atoms. The molecule has 1 aromatic carbocycles. The zero-order chi connectivity index (χ0) is 18.0. The van der Waals surface area contributed by atoms with E-state index in [1.807, 2.05) is 6.07 Å². The number of piperidine rings is 1. The molecule has 0 radical (unpaired) electrons. The Balaban J connectivity index is 1.34. The minimum Gasteiger partial charge on any atom is -0.497 e. The molecule has 2 fully saturated rings. The number of likely N-dealkylation sites (tertiary alicyclic amines) is 1. The molecule has 4 rings (SSSR count). The van der Waals surface area contributed by atoms with E-state index in [0.717, 1.165) is 38.5 Å². The molecule has 2 saturated heterocycles. The SMILES string of the molecule is COc1cccc(CN2CCC3(CC2)CCN(c2ncc(F)cn2)C3)c1. The molecule has 2 aliphatic heterocycles. The van der Waals surface area contributed by atoms with Gasteiger partial charge in [0.2, 0.25) is 5.95 Å². The van der Waals surface area contributed by atoms with Gasteiger partial charge in [0, 0.05) is 19.6 Å². The summed E-state index contributed by atoms with van der Waals surface area (Å²) < 4.78 is 18.4. The number of ether oxygens (including phenoxy) is 1. The van der Waals surface area contributed by atoms with E-state index in [-0.39, 0.29) is 5.82 Å². The van der Waals surface area contributed by atoms with E-state index in [0.29, 0.717) is 11.4 Å². The molecule has 2 aromatic rings. The molecule has 0 aliphatic carbocycles. The third kappa shape index (κ3) is 3.65. The van der Waals surface area contributed by atoms with Gasteiger partial charge in [-0.05, 0) is 55.5 Å². The van der Waals surface area contributed by atoms with Gasteiger partial charge < -0.3 is 9.64 Å². The van der Waals surface area contributed by atoms with Crippen LogP contribution < -0.4 is 9.64 Å². The van der Waals surface area contributed by atoms with Gasteiger partial charge in [-0.15, -0.1) is 0 Å². The Kier molecular flexibility index (Phi) is 4.76. The average Bonchev–Trinajstić information content (AvgIpc) is 3.08. The molecule has 1 aromatic heterocycles. The molecule has 0 N–H and O–H groups in total. The largest absolute Gasteiger partial charge is 0.497 e. The minimum atomic E-state index is -0.381. The summed E-state index contributed by atoms with van der Waals surface area (Å²) in [7, 11) is 1.71. The molecule has 138 valence electrons. The quantitative estimate of drug-likeness (QED) is 0.842. The van der Waals surface area contributed by atoms with Gasteiger partial charge in [0.05, 0.1) is 19.5 Å². The predicted molar refractivity (Wildman–Crippen MR) is 98.8 cm³/mol. The summed E-state index contributed by atoms with van der Waals surface area (Å²) in [6.07, 6.45) is 6.05. The number of anilines is 1. The Morgan fingerprint density at radius 3 is 2.58 bits per heavy atom. The third-order valence-corrected chi connectivity index (χ3v) is 5.78. The number of rotatable bonds is 4. The van der Waals surface area contributed by atoms with Gasteiger partial charge in [-0.2, -0.15) is 0 Å². The summed E-state index contributed by atoms with van der Waals surface area (Å²) in [5, 5.41) is 0. The number of nitrogens with zero attached hydrogens (tertiary/aromatic N) is 4. The maximum absolute atomic E-state index is 13.0. The van der Waals surface area contributed by atoms with Crippen molar-refractivity contribution in [1.82, 2.24) is 14.9 Å². The van der Waals surface area contributed by atoms with Crippen LogP contribution in [0.25, 0.3) is 0 Å². The maximum atomic E-state index is 13.0. The van der Waals surface area contributed by atoms with Crippen molar-refractivity contribution in [2.24, 2.45) is 5.41 Å². The fraction of sp³-hybridized carbons (Fsp3) is 0.500. The highest BCUT2D eigenvalue weighted by Gasteiger charge is 2.41. The fourth-order valence-electron chi connectivity index (χ4n) is 4.20. The number of halogens is 1. The summed E-state index contributed by atoms with van der Waals surface area (Å²) in [4.78, 5) is 13.0. The Morgan fingerprint density at radius 1 is 1.12 bits per heavy atom. The van der Waals surface area contributed by atoms with E-state index in [1.54, 1.807) is 7.11 Å². The molecule has 1 spiro atoms. The summed E-state index contributed by atoms with van der Waals surface area (Å²) >= 11 is 0. The van der Waals surface area contributed by atoms with Crippen LogP contribution in [0.1, 0.15) is 24.8 Å². The Morgan fingerprint density at radius 2 is 1.85 bits per heavy atom. The molecule has 0 bridgehead atoms. The molecule has 0 atom stereocenters. The standard InChI is InChI=1S/C20H25FN4O/c1-26-18-4-2-3-16(11-18)14-24-8-5-20(6-9-24)7-10-25(15-20)19-22-12-17(21)13-23-19/h2-4,11-13H,5-10,14-15H2,1H3. The van der Waals surface area contributed by atoms with Crippen molar-refractivity contribution in [2.75, 3.05) is 38.2 Å². The first-order valence-electron chi connectivity index (χ1n) is 9.24. The number of methoxy groups -OCH3 is 1. The highest BCUT2D eigenvalue weighted by Crippen LogP contribution is 2.41. The number of benzene rings is 1. The van der Waals surface area contributed by atoms with E-state index in [4.69, 9.17) is 4.74 Å². The van der Waals surface area contributed by atoms with Gasteiger partial charge in [-0.1, -0.05) is 12.1 Å². The monoisotopic (exact) mass is 356 g/mol. The molecule has 0 unspecified atom stereocenters. The lowest BCUT2D eigenvalue weighted by atomic mass is 9.77. The lowest BCUT2D eigenvalue weighted by molar-refractivity contribution is 0.115. The molecule has 6 heteroatoms. The lowest BCUT2D eigenvalue weighted by Crippen LogP contribution is -2.41. The van der Waals surface area contributed by atoms with Crippen LogP contribution in [-0.2, 0) is 6.54 Å². The summed E-state index contributed by atoms with van der Waals surface area (Å²) in [5.74, 6) is 1.19. The first-order valence-corrected chi connectivity index (χ1v) is 9.24. The molecule has 3 heterocycles. The van der Waals surface area contributed by atoms with Crippen LogP contribution in [0.5, 0.6) is 5.75 Å². The molecule has 0 saturated carbocycles. The second kappa shape index (κ2) is 7.19. The van der Waals surface area contributed by atoms with E-state index in [9.17, 15) is 4.39 Å². The summed E-state index contributed by atoms with van der Waals surface area (Å²) in [6, 6.07) is 8.32. The van der Waals surface area contributed by atoms with Gasteiger partial charge >= 0.3 is 0 Å². The van der Waals surface area contributed by atoms with Crippen LogP contribution in [0.3, 0.4) is 0 Å². The molecule has 0 amide bonds. The van der Waals surface area contributed by atoms with Crippen LogP contribution in [0, 0.1) is 11.2 Å². The second-order valence-electron chi connectivity index (χ2n) is 7.50. The summed E-state index contributed by atoms with van der Waals surface area (Å²) in [6.45, 7) is 5.12. The highest BCUT2D eigenvalue weighted by atomic mass is 19.1. The Hall–Kier alpha value is -2.21. The number of aromatic nitrogens is 2. The van der Waals surface area contributed by atoms with Crippen LogP contribution in [-0.4, -0.2) is 48.2 Å². The van der Waals surface area contributed by atoms with Gasteiger partial charge in [-0.3, -0.25) is 4.90 Å². The normalized spacial score (nSPS) is 19.8. The molecule has 5 nitrogen and oxygen atoms in total. The predicted octanol–water partition coefficient (Wildman–Crippen LogP) is 3.12. The van der Waals surface area contributed by atoms with E-state index >= 15 is 0 Å².